The number of rotatable bonds is 12. The van der Waals surface area contributed by atoms with Crippen LogP contribution in [-0.2, 0) is 19.1 Å². The molecule has 1 aliphatic carbocycles. The molecule has 3 amide bonds. The van der Waals surface area contributed by atoms with Gasteiger partial charge in [-0.2, -0.15) is 4.98 Å². The fourth-order valence-corrected chi connectivity index (χ4v) is 7.42. The molecule has 0 spiro atoms. The van der Waals surface area contributed by atoms with Crippen molar-refractivity contribution < 1.29 is 33.4 Å². The Hall–Kier alpha value is -4.66. The van der Waals surface area contributed by atoms with Crippen molar-refractivity contribution >= 4 is 47.0 Å². The summed E-state index contributed by atoms with van der Waals surface area (Å²) in [5.74, 6) is 0.903. The molecule has 2 atom stereocenters. The number of carbonyl (C=O) groups excluding carboxylic acids is 4. The topological polar surface area (TPSA) is 168 Å². The van der Waals surface area contributed by atoms with Gasteiger partial charge in [0, 0.05) is 44.3 Å². The second kappa shape index (κ2) is 16.6. The van der Waals surface area contributed by atoms with E-state index >= 15 is 0 Å². The molecule has 2 aliphatic heterocycles. The van der Waals surface area contributed by atoms with Gasteiger partial charge in [-0.25, -0.2) is 14.6 Å². The molecule has 1 saturated heterocycles. The predicted octanol–water partition coefficient (Wildman–Crippen LogP) is 4.77. The van der Waals surface area contributed by atoms with E-state index in [4.69, 9.17) is 19.2 Å². The Morgan fingerprint density at radius 1 is 1.02 bits per heavy atom. The van der Waals surface area contributed by atoms with E-state index in [1.165, 1.54) is 7.11 Å². The first-order valence-corrected chi connectivity index (χ1v) is 18.7. The molecule has 2 aromatic rings. The molecule has 1 saturated carbocycles. The van der Waals surface area contributed by atoms with E-state index in [2.05, 4.69) is 30.7 Å². The zero-order valence-corrected chi connectivity index (χ0v) is 32.4. The number of amides is 3. The number of fused-ring (bicyclic) bond motifs is 1. The van der Waals surface area contributed by atoms with Gasteiger partial charge in [-0.05, 0) is 84.4 Å². The standard InChI is InChI=1S/C38H56N8O7/c1-9-28-33(48)44(6)29-23-39-35(42-31(29)46(28)26-12-10-11-13-26)41-27-15-14-24(22-30(27)51-7)32(47)40-25-16-19-45(20-17-25)21-18-38(5,34(49)52-8)43-36(50)53-37(2,3)4/h14-15,22-23,25-26,28H,9-13,16-21H2,1-8H3,(H,40,47)(H,43,50)(H,39,41,42)/t28-,38?/m1/s1. The highest BCUT2D eigenvalue weighted by Crippen LogP contribution is 2.40. The summed E-state index contributed by atoms with van der Waals surface area (Å²) in [5, 5.41) is 9.13. The minimum Gasteiger partial charge on any atom is -0.495 e. The summed E-state index contributed by atoms with van der Waals surface area (Å²) >= 11 is 0. The fraction of sp³-hybridized carbons (Fsp3) is 0.632. The van der Waals surface area contributed by atoms with Crippen LogP contribution in [0.1, 0.15) is 96.3 Å². The number of alkyl carbamates (subject to hydrolysis) is 1. The Labute approximate surface area is 312 Å². The third kappa shape index (κ3) is 9.29. The van der Waals surface area contributed by atoms with Gasteiger partial charge in [0.05, 0.1) is 26.1 Å². The Bertz CT molecular complexity index is 1650. The number of piperidine rings is 1. The third-order valence-electron chi connectivity index (χ3n) is 10.4. The van der Waals surface area contributed by atoms with Crippen LogP contribution in [0.4, 0.5) is 27.9 Å². The van der Waals surface area contributed by atoms with Gasteiger partial charge in [-0.1, -0.05) is 19.8 Å². The number of nitrogens with zero attached hydrogens (tertiary/aromatic N) is 5. The number of hydrogen-bond donors (Lipinski definition) is 3. The van der Waals surface area contributed by atoms with Gasteiger partial charge in [-0.15, -0.1) is 0 Å². The van der Waals surface area contributed by atoms with E-state index in [9.17, 15) is 19.2 Å². The number of ether oxygens (including phenoxy) is 3. The summed E-state index contributed by atoms with van der Waals surface area (Å²) in [6, 6.07) is 5.17. The van der Waals surface area contributed by atoms with Crippen LogP contribution in [-0.4, -0.2) is 109 Å². The van der Waals surface area contributed by atoms with Gasteiger partial charge < -0.3 is 44.9 Å². The van der Waals surface area contributed by atoms with Gasteiger partial charge >= 0.3 is 12.1 Å². The predicted molar refractivity (Wildman–Crippen MR) is 202 cm³/mol. The van der Waals surface area contributed by atoms with Crippen LogP contribution >= 0.6 is 0 Å². The minimum atomic E-state index is -1.25. The molecule has 5 rings (SSSR count). The number of nitrogens with one attached hydrogen (secondary N) is 3. The van der Waals surface area contributed by atoms with Crippen LogP contribution in [0.25, 0.3) is 0 Å². The van der Waals surface area contributed by atoms with E-state index in [1.807, 2.05) is 6.92 Å². The largest absolute Gasteiger partial charge is 0.495 e. The molecule has 3 heterocycles. The second-order valence-corrected chi connectivity index (χ2v) is 15.4. The highest BCUT2D eigenvalue weighted by atomic mass is 16.6. The summed E-state index contributed by atoms with van der Waals surface area (Å²) in [6.45, 7) is 10.9. The number of likely N-dealkylation sites (N-methyl/N-ethyl adjacent to an activating group) is 1. The smallest absolute Gasteiger partial charge is 0.408 e. The van der Waals surface area contributed by atoms with Crippen molar-refractivity contribution in [2.45, 2.75) is 115 Å². The first-order valence-electron chi connectivity index (χ1n) is 18.7. The lowest BCUT2D eigenvalue weighted by atomic mass is 9.96. The number of esters is 1. The van der Waals surface area contributed by atoms with Gasteiger partial charge in [0.1, 0.15) is 28.6 Å². The third-order valence-corrected chi connectivity index (χ3v) is 10.4. The molecule has 0 bridgehead atoms. The Morgan fingerprint density at radius 2 is 1.72 bits per heavy atom. The van der Waals surface area contributed by atoms with E-state index in [0.717, 1.165) is 44.3 Å². The molecule has 3 N–H and O–H groups in total. The van der Waals surface area contributed by atoms with Crippen LogP contribution in [0.15, 0.2) is 24.4 Å². The molecule has 290 valence electrons. The number of methoxy groups -OCH3 is 2. The maximum Gasteiger partial charge on any atom is 0.408 e. The van der Waals surface area contributed by atoms with Crippen LogP contribution in [0.2, 0.25) is 0 Å². The lowest BCUT2D eigenvalue weighted by Crippen LogP contribution is -2.55. The monoisotopic (exact) mass is 736 g/mol. The van der Waals surface area contributed by atoms with E-state index in [1.54, 1.807) is 71.1 Å². The molecule has 1 unspecified atom stereocenters. The van der Waals surface area contributed by atoms with Crippen LogP contribution in [0.5, 0.6) is 5.75 Å². The Morgan fingerprint density at radius 3 is 2.34 bits per heavy atom. The lowest BCUT2D eigenvalue weighted by molar-refractivity contribution is -0.148. The molecule has 1 aromatic carbocycles. The molecule has 15 heteroatoms. The fourth-order valence-electron chi connectivity index (χ4n) is 7.42. The first-order chi connectivity index (χ1) is 25.2. The first kappa shape index (κ1) is 39.5. The van der Waals surface area contributed by atoms with Gasteiger partial charge in [0.15, 0.2) is 5.82 Å². The van der Waals surface area contributed by atoms with Crippen molar-refractivity contribution in [3.05, 3.63) is 30.0 Å². The van der Waals surface area contributed by atoms with E-state index < -0.39 is 23.2 Å². The van der Waals surface area contributed by atoms with Crippen LogP contribution in [0, 0.1) is 0 Å². The highest BCUT2D eigenvalue weighted by molar-refractivity contribution is 6.04. The van der Waals surface area contributed by atoms with Crippen molar-refractivity contribution in [1.82, 2.24) is 25.5 Å². The average molecular weight is 737 g/mol. The molecule has 15 nitrogen and oxygen atoms in total. The zero-order chi connectivity index (χ0) is 38.5. The zero-order valence-electron chi connectivity index (χ0n) is 32.4. The summed E-state index contributed by atoms with van der Waals surface area (Å²) in [5.41, 5.74) is -0.193. The molecule has 1 aromatic heterocycles. The minimum absolute atomic E-state index is 0.0295. The SMILES string of the molecule is CC[C@@H]1C(=O)N(C)c2cnc(Nc3ccc(C(=O)NC4CCN(CCC(C)(NC(=O)OC(C)(C)C)C(=O)OC)CC4)cc3OC)nc2N1C1CCCC1. The van der Waals surface area contributed by atoms with Crippen LogP contribution < -0.4 is 30.5 Å². The van der Waals surface area contributed by atoms with Crippen molar-refractivity contribution in [2.75, 3.05) is 56.0 Å². The van der Waals surface area contributed by atoms with Crippen molar-refractivity contribution in [3.8, 4) is 5.75 Å². The number of carbonyl (C=O) groups is 4. The molecule has 0 radical (unpaired) electrons. The van der Waals surface area contributed by atoms with Gasteiger partial charge in [0.2, 0.25) is 11.9 Å². The highest BCUT2D eigenvalue weighted by Gasteiger charge is 2.41. The van der Waals surface area contributed by atoms with E-state index in [-0.39, 0.29) is 29.9 Å². The number of hydrogen-bond acceptors (Lipinski definition) is 12. The Balaban J connectivity index is 1.19. The van der Waals surface area contributed by atoms with Crippen LogP contribution in [0.3, 0.4) is 0 Å². The quantitative estimate of drug-likeness (QED) is 0.256. The summed E-state index contributed by atoms with van der Waals surface area (Å²) in [6.07, 6.45) is 7.82. The molecule has 3 aliphatic rings. The Kier molecular flexibility index (Phi) is 12.4. The maximum absolute atomic E-state index is 13.4. The average Bonchev–Trinajstić information content (AvgIpc) is 3.66. The van der Waals surface area contributed by atoms with Gasteiger partial charge in [0.25, 0.3) is 5.91 Å². The van der Waals surface area contributed by atoms with Gasteiger partial charge in [-0.3, -0.25) is 9.59 Å². The summed E-state index contributed by atoms with van der Waals surface area (Å²) in [7, 11) is 4.62. The number of likely N-dealkylation sites (tertiary alicyclic amines) is 1. The van der Waals surface area contributed by atoms with E-state index in [0.29, 0.717) is 61.1 Å². The maximum atomic E-state index is 13.4. The lowest BCUT2D eigenvalue weighted by Gasteiger charge is -2.43. The van der Waals surface area contributed by atoms with Crippen molar-refractivity contribution in [1.29, 1.82) is 0 Å². The van der Waals surface area contributed by atoms with Crippen molar-refractivity contribution in [3.63, 3.8) is 0 Å². The number of benzene rings is 1. The molecular weight excluding hydrogens is 680 g/mol. The second-order valence-electron chi connectivity index (χ2n) is 15.4. The molecular formula is C38H56N8O7. The number of aromatic nitrogens is 2. The molecule has 2 fully saturated rings. The summed E-state index contributed by atoms with van der Waals surface area (Å²) in [4.78, 5) is 67.3. The normalized spacial score (nSPS) is 19.6. The van der Waals surface area contributed by atoms with Crippen molar-refractivity contribution in [2.24, 2.45) is 0 Å². The summed E-state index contributed by atoms with van der Waals surface area (Å²) < 4.78 is 16.0. The molecule has 53 heavy (non-hydrogen) atoms. The number of anilines is 4.